The number of carbonyl (C=O) groups is 1. The quantitative estimate of drug-likeness (QED) is 0.481. The Bertz CT molecular complexity index is 211. The molecular formula is C5H7N3O2. The third kappa shape index (κ3) is 0.792. The molecule has 1 unspecified atom stereocenters. The molecule has 0 aliphatic carbocycles. The zero-order chi connectivity index (χ0) is 7.72. The topological polar surface area (TPSA) is 62.1 Å². The second kappa shape index (κ2) is 2.17. The molecule has 1 aliphatic heterocycles. The lowest BCUT2D eigenvalue weighted by Gasteiger charge is -2.00. The highest BCUT2D eigenvalue weighted by Crippen LogP contribution is 2.08. The van der Waals surface area contributed by atoms with Gasteiger partial charge in [0.1, 0.15) is 0 Å². The van der Waals surface area contributed by atoms with E-state index in [1.165, 1.54) is 7.05 Å². The van der Waals surface area contributed by atoms with Crippen LogP contribution in [0.3, 0.4) is 0 Å². The number of rotatable bonds is 1. The van der Waals surface area contributed by atoms with Crippen LogP contribution in [-0.4, -0.2) is 29.7 Å². The first-order valence-electron chi connectivity index (χ1n) is 2.82. The van der Waals surface area contributed by atoms with E-state index in [-0.39, 0.29) is 5.91 Å². The van der Waals surface area contributed by atoms with Crippen molar-refractivity contribution < 1.29 is 4.79 Å². The molecule has 0 fully saturated rings. The molecule has 54 valence electrons. The van der Waals surface area contributed by atoms with Gasteiger partial charge in [-0.15, -0.1) is 4.91 Å². The summed E-state index contributed by atoms with van der Waals surface area (Å²) < 4.78 is 0. The van der Waals surface area contributed by atoms with E-state index in [9.17, 15) is 9.70 Å². The largest absolute Gasteiger partial charge is 0.276 e. The van der Waals surface area contributed by atoms with Crippen molar-refractivity contribution in [2.24, 2.45) is 10.3 Å². The van der Waals surface area contributed by atoms with Gasteiger partial charge in [0.05, 0.1) is 5.71 Å². The minimum Gasteiger partial charge on any atom is -0.270 e. The third-order valence-electron chi connectivity index (χ3n) is 1.36. The molecule has 0 aromatic heterocycles. The predicted molar refractivity (Wildman–Crippen MR) is 35.5 cm³/mol. The van der Waals surface area contributed by atoms with Crippen molar-refractivity contribution in [2.45, 2.75) is 13.0 Å². The maximum Gasteiger partial charge on any atom is 0.276 e. The fraction of sp³-hybridized carbons (Fsp3) is 0.600. The number of nitrogens with zero attached hydrogens (tertiary/aromatic N) is 3. The summed E-state index contributed by atoms with van der Waals surface area (Å²) in [5.74, 6) is -0.354. The van der Waals surface area contributed by atoms with Gasteiger partial charge in [0.2, 0.25) is 6.04 Å². The molecule has 0 aromatic carbocycles. The van der Waals surface area contributed by atoms with Crippen LogP contribution in [0.5, 0.6) is 0 Å². The van der Waals surface area contributed by atoms with E-state index in [0.29, 0.717) is 5.71 Å². The van der Waals surface area contributed by atoms with Gasteiger partial charge in [-0.25, -0.2) is 5.01 Å². The van der Waals surface area contributed by atoms with Gasteiger partial charge in [-0.3, -0.25) is 4.79 Å². The molecule has 0 saturated heterocycles. The van der Waals surface area contributed by atoms with E-state index in [1.807, 2.05) is 0 Å². The standard InChI is InChI=1S/C5H7N3O2/c1-3-4(7-10)5(9)8(2)6-3/h4H,1-2H3. The van der Waals surface area contributed by atoms with Gasteiger partial charge in [-0.1, -0.05) is 5.18 Å². The van der Waals surface area contributed by atoms with E-state index in [4.69, 9.17) is 0 Å². The predicted octanol–water partition coefficient (Wildman–Crippen LogP) is -0.0307. The van der Waals surface area contributed by atoms with E-state index in [2.05, 4.69) is 10.3 Å². The Morgan fingerprint density at radius 2 is 2.30 bits per heavy atom. The highest BCUT2D eigenvalue weighted by Gasteiger charge is 2.31. The van der Waals surface area contributed by atoms with Gasteiger partial charge in [0, 0.05) is 7.05 Å². The molecule has 5 nitrogen and oxygen atoms in total. The Labute approximate surface area is 57.7 Å². The Hall–Kier alpha value is -1.26. The normalized spacial score (nSPS) is 25.0. The Morgan fingerprint density at radius 1 is 1.70 bits per heavy atom. The number of hydrazone groups is 1. The molecule has 5 heteroatoms. The average Bonchev–Trinajstić information content (AvgIpc) is 2.09. The van der Waals surface area contributed by atoms with Gasteiger partial charge in [0.15, 0.2) is 0 Å². The molecule has 0 spiro atoms. The van der Waals surface area contributed by atoms with Crippen LogP contribution in [0.4, 0.5) is 0 Å². The molecule has 1 aliphatic rings. The number of hydrogen-bond acceptors (Lipinski definition) is 4. The third-order valence-corrected chi connectivity index (χ3v) is 1.36. The fourth-order valence-electron chi connectivity index (χ4n) is 0.818. The lowest BCUT2D eigenvalue weighted by atomic mass is 10.2. The molecule has 1 atom stereocenters. The summed E-state index contributed by atoms with van der Waals surface area (Å²) in [6.45, 7) is 1.60. The number of likely N-dealkylation sites (N-methyl/N-ethyl adjacent to an activating group) is 1. The molecule has 10 heavy (non-hydrogen) atoms. The summed E-state index contributed by atoms with van der Waals surface area (Å²) in [6.07, 6.45) is 0. The number of carbonyl (C=O) groups excluding carboxylic acids is 1. The number of amides is 1. The summed E-state index contributed by atoms with van der Waals surface area (Å²) in [5, 5.41) is 7.48. The minimum atomic E-state index is -0.884. The molecular weight excluding hydrogens is 134 g/mol. The summed E-state index contributed by atoms with van der Waals surface area (Å²) in [4.78, 5) is 20.9. The molecule has 0 aromatic rings. The monoisotopic (exact) mass is 141 g/mol. The first-order valence-corrected chi connectivity index (χ1v) is 2.82. The molecule has 1 heterocycles. The van der Waals surface area contributed by atoms with Crippen molar-refractivity contribution in [3.63, 3.8) is 0 Å². The number of nitroso groups, excluding NO2 is 1. The van der Waals surface area contributed by atoms with Crippen LogP contribution >= 0.6 is 0 Å². The molecule has 0 radical (unpaired) electrons. The van der Waals surface area contributed by atoms with Crippen molar-refractivity contribution in [2.75, 3.05) is 7.05 Å². The van der Waals surface area contributed by atoms with Gasteiger partial charge in [-0.05, 0) is 6.92 Å². The Kier molecular flexibility index (Phi) is 1.48. The lowest BCUT2D eigenvalue weighted by Crippen LogP contribution is -2.26. The summed E-state index contributed by atoms with van der Waals surface area (Å²) in [5.41, 5.74) is 0.461. The summed E-state index contributed by atoms with van der Waals surface area (Å²) in [7, 11) is 1.50. The second-order valence-corrected chi connectivity index (χ2v) is 2.11. The maximum absolute atomic E-state index is 10.9. The van der Waals surface area contributed by atoms with Crippen molar-refractivity contribution in [1.29, 1.82) is 0 Å². The molecule has 0 N–H and O–H groups in total. The number of hydrogen-bond donors (Lipinski definition) is 0. The minimum absolute atomic E-state index is 0.354. The second-order valence-electron chi connectivity index (χ2n) is 2.11. The average molecular weight is 141 g/mol. The van der Waals surface area contributed by atoms with Crippen LogP contribution in [0.1, 0.15) is 6.92 Å². The summed E-state index contributed by atoms with van der Waals surface area (Å²) >= 11 is 0. The van der Waals surface area contributed by atoms with Gasteiger partial charge in [-0.2, -0.15) is 5.10 Å². The molecule has 1 rings (SSSR count). The van der Waals surface area contributed by atoms with E-state index in [0.717, 1.165) is 5.01 Å². The van der Waals surface area contributed by atoms with Crippen molar-refractivity contribution in [3.8, 4) is 0 Å². The Morgan fingerprint density at radius 3 is 2.50 bits per heavy atom. The molecule has 0 saturated carbocycles. The lowest BCUT2D eigenvalue weighted by molar-refractivity contribution is -0.128. The highest BCUT2D eigenvalue weighted by molar-refractivity contribution is 6.10. The zero-order valence-corrected chi connectivity index (χ0v) is 5.74. The van der Waals surface area contributed by atoms with Gasteiger partial charge >= 0.3 is 0 Å². The van der Waals surface area contributed by atoms with E-state index < -0.39 is 6.04 Å². The van der Waals surface area contributed by atoms with Crippen molar-refractivity contribution in [1.82, 2.24) is 5.01 Å². The van der Waals surface area contributed by atoms with Crippen molar-refractivity contribution >= 4 is 11.6 Å². The molecule has 1 amide bonds. The van der Waals surface area contributed by atoms with Crippen LogP contribution in [0.15, 0.2) is 10.3 Å². The van der Waals surface area contributed by atoms with Crippen LogP contribution in [-0.2, 0) is 4.79 Å². The molecule has 0 bridgehead atoms. The van der Waals surface area contributed by atoms with Crippen LogP contribution in [0.25, 0.3) is 0 Å². The summed E-state index contributed by atoms with van der Waals surface area (Å²) in [6, 6.07) is -0.884. The van der Waals surface area contributed by atoms with Crippen LogP contribution in [0.2, 0.25) is 0 Å². The van der Waals surface area contributed by atoms with Crippen molar-refractivity contribution in [3.05, 3.63) is 4.91 Å². The SMILES string of the molecule is CC1=NN(C)C(=O)C1N=O. The van der Waals surface area contributed by atoms with Crippen LogP contribution < -0.4 is 0 Å². The first kappa shape index (κ1) is 6.85. The van der Waals surface area contributed by atoms with E-state index >= 15 is 0 Å². The van der Waals surface area contributed by atoms with E-state index in [1.54, 1.807) is 6.92 Å². The van der Waals surface area contributed by atoms with Gasteiger partial charge < -0.3 is 0 Å². The van der Waals surface area contributed by atoms with Crippen LogP contribution in [0, 0.1) is 4.91 Å². The smallest absolute Gasteiger partial charge is 0.270 e. The maximum atomic E-state index is 10.9. The van der Waals surface area contributed by atoms with Gasteiger partial charge in [0.25, 0.3) is 5.91 Å². The fourth-order valence-corrected chi connectivity index (χ4v) is 0.818. The zero-order valence-electron chi connectivity index (χ0n) is 5.74. The first-order chi connectivity index (χ1) is 4.66. The highest BCUT2D eigenvalue weighted by atomic mass is 16.3. The Balaban J connectivity index is 2.87.